The Morgan fingerprint density at radius 1 is 1.00 bits per heavy atom. The molecule has 2 aromatic rings. The van der Waals surface area contributed by atoms with Crippen LogP contribution in [0.2, 0.25) is 0 Å². The first kappa shape index (κ1) is 28.2. The van der Waals surface area contributed by atoms with E-state index in [0.29, 0.717) is 51.6 Å². The minimum Gasteiger partial charge on any atom is -0.494 e. The summed E-state index contributed by atoms with van der Waals surface area (Å²) in [5.41, 5.74) is 1.19. The molecule has 0 saturated heterocycles. The molecule has 0 aliphatic heterocycles. The van der Waals surface area contributed by atoms with Gasteiger partial charge in [-0.15, -0.1) is 0 Å². The summed E-state index contributed by atoms with van der Waals surface area (Å²) >= 11 is 0. The fourth-order valence-corrected chi connectivity index (χ4v) is 3.31. The molecule has 0 saturated carbocycles. The zero-order valence-electron chi connectivity index (χ0n) is 21.3. The maximum absolute atomic E-state index is 10.9. The van der Waals surface area contributed by atoms with E-state index in [2.05, 4.69) is 21.6 Å². The number of nitro groups is 1. The average Bonchev–Trinajstić information content (AvgIpc) is 3.21. The van der Waals surface area contributed by atoms with Gasteiger partial charge in [-0.3, -0.25) is 10.1 Å². The van der Waals surface area contributed by atoms with Crippen LogP contribution in [-0.2, 0) is 24.4 Å². The van der Waals surface area contributed by atoms with Gasteiger partial charge in [-0.1, -0.05) is 12.1 Å². The van der Waals surface area contributed by atoms with Gasteiger partial charge in [0.1, 0.15) is 23.9 Å². The Kier molecular flexibility index (Phi) is 12.7. The molecule has 0 fully saturated rings. The number of rotatable bonds is 18. The third-order valence-corrected chi connectivity index (χ3v) is 4.75. The fraction of sp³-hybridized carbons (Fsp3) is 0.520. The van der Waals surface area contributed by atoms with Crippen LogP contribution >= 0.6 is 0 Å². The Balaban J connectivity index is 1.61. The second-order valence-corrected chi connectivity index (χ2v) is 8.78. The first-order valence-corrected chi connectivity index (χ1v) is 11.8. The van der Waals surface area contributed by atoms with Crippen molar-refractivity contribution < 1.29 is 18.8 Å². The molecule has 0 amide bonds. The molecule has 2 rings (SSSR count). The quantitative estimate of drug-likeness (QED) is 0.186. The number of furan rings is 1. The topological polar surface area (TPSA) is 105 Å². The predicted octanol–water partition coefficient (Wildman–Crippen LogP) is 3.03. The van der Waals surface area contributed by atoms with Crippen molar-refractivity contribution >= 4 is 0 Å². The average molecular weight is 490 g/mol. The third kappa shape index (κ3) is 12.8. The zero-order chi connectivity index (χ0) is 25.5. The normalized spacial score (nSPS) is 11.8. The Morgan fingerprint density at radius 2 is 1.69 bits per heavy atom. The van der Waals surface area contributed by atoms with Gasteiger partial charge in [0.25, 0.3) is 6.20 Å². The van der Waals surface area contributed by atoms with Crippen molar-refractivity contribution in [1.29, 1.82) is 0 Å². The summed E-state index contributed by atoms with van der Waals surface area (Å²) in [7, 11) is 8.03. The van der Waals surface area contributed by atoms with Crippen molar-refractivity contribution in [2.24, 2.45) is 0 Å². The summed E-state index contributed by atoms with van der Waals surface area (Å²) in [6, 6.07) is 11.9. The van der Waals surface area contributed by atoms with Crippen LogP contribution in [0.15, 0.2) is 52.8 Å². The van der Waals surface area contributed by atoms with Crippen LogP contribution in [-0.4, -0.2) is 69.2 Å². The van der Waals surface area contributed by atoms with Crippen LogP contribution in [0.1, 0.15) is 29.9 Å². The maximum atomic E-state index is 10.9. The summed E-state index contributed by atoms with van der Waals surface area (Å²) in [5.74, 6) is 2.89. The highest BCUT2D eigenvalue weighted by Crippen LogP contribution is 2.14. The fourth-order valence-electron chi connectivity index (χ4n) is 3.31. The van der Waals surface area contributed by atoms with Gasteiger partial charge in [0.2, 0.25) is 0 Å². The monoisotopic (exact) mass is 489 g/mol. The van der Waals surface area contributed by atoms with Crippen molar-refractivity contribution in [3.05, 3.63) is 75.6 Å². The highest BCUT2D eigenvalue weighted by Gasteiger charge is 2.05. The number of hydrogen-bond donors (Lipinski definition) is 2. The summed E-state index contributed by atoms with van der Waals surface area (Å²) in [4.78, 5) is 14.6. The third-order valence-electron chi connectivity index (χ3n) is 4.75. The lowest BCUT2D eigenvalue weighted by atomic mass is 10.2. The van der Waals surface area contributed by atoms with Gasteiger partial charge in [-0.2, -0.15) is 0 Å². The van der Waals surface area contributed by atoms with E-state index in [9.17, 15) is 10.1 Å². The van der Waals surface area contributed by atoms with Gasteiger partial charge in [0.05, 0.1) is 18.1 Å². The van der Waals surface area contributed by atoms with E-state index in [1.807, 2.05) is 63.4 Å². The standard InChI is InChI=1S/C25H39N5O5/c1-28(2)17-21-8-5-9-22(16-21)34-15-7-13-27-25(19-30(31)32)26-12-6-14-33-20-24-11-10-23(35-24)18-29(3)4/h5,8-11,16,19,26-27H,6-7,12-15,17-18,20H2,1-4H3. The van der Waals surface area contributed by atoms with Gasteiger partial charge >= 0.3 is 0 Å². The number of ether oxygens (including phenoxy) is 2. The zero-order valence-corrected chi connectivity index (χ0v) is 21.3. The Hall–Kier alpha value is -3.08. The van der Waals surface area contributed by atoms with E-state index < -0.39 is 4.92 Å². The predicted molar refractivity (Wildman–Crippen MR) is 135 cm³/mol. The summed E-state index contributed by atoms with van der Waals surface area (Å²) in [6.07, 6.45) is 2.35. The molecule has 0 atom stereocenters. The first-order chi connectivity index (χ1) is 16.8. The summed E-state index contributed by atoms with van der Waals surface area (Å²) in [6.45, 7) is 4.13. The van der Waals surface area contributed by atoms with E-state index in [0.717, 1.165) is 36.6 Å². The molecular weight excluding hydrogens is 450 g/mol. The highest BCUT2D eigenvalue weighted by molar-refractivity contribution is 5.28. The highest BCUT2D eigenvalue weighted by atomic mass is 16.6. The van der Waals surface area contributed by atoms with Crippen LogP contribution in [0, 0.1) is 10.1 Å². The van der Waals surface area contributed by atoms with Crippen LogP contribution < -0.4 is 15.4 Å². The van der Waals surface area contributed by atoms with Gasteiger partial charge in [-0.05, 0) is 70.9 Å². The molecule has 0 aliphatic rings. The minimum absolute atomic E-state index is 0.377. The van der Waals surface area contributed by atoms with Crippen molar-refractivity contribution in [3.63, 3.8) is 0 Å². The van der Waals surface area contributed by atoms with E-state index in [1.54, 1.807) is 0 Å². The van der Waals surface area contributed by atoms with Crippen molar-refractivity contribution in [1.82, 2.24) is 20.4 Å². The number of benzene rings is 1. The van der Waals surface area contributed by atoms with Gasteiger partial charge in [-0.25, -0.2) is 0 Å². The molecule has 10 nitrogen and oxygen atoms in total. The second-order valence-electron chi connectivity index (χ2n) is 8.78. The van der Waals surface area contributed by atoms with E-state index >= 15 is 0 Å². The second kappa shape index (κ2) is 15.8. The van der Waals surface area contributed by atoms with Crippen LogP contribution in [0.3, 0.4) is 0 Å². The molecule has 1 aromatic heterocycles. The van der Waals surface area contributed by atoms with Crippen LogP contribution in [0.4, 0.5) is 0 Å². The van der Waals surface area contributed by atoms with Crippen molar-refractivity contribution in [2.45, 2.75) is 32.5 Å². The van der Waals surface area contributed by atoms with Crippen LogP contribution in [0.5, 0.6) is 5.75 Å². The Labute approximate surface area is 208 Å². The van der Waals surface area contributed by atoms with E-state index in [1.165, 1.54) is 5.56 Å². The first-order valence-electron chi connectivity index (χ1n) is 11.8. The van der Waals surface area contributed by atoms with E-state index in [-0.39, 0.29) is 0 Å². The maximum Gasteiger partial charge on any atom is 0.274 e. The Morgan fingerprint density at radius 3 is 2.37 bits per heavy atom. The molecule has 0 unspecified atom stereocenters. The van der Waals surface area contributed by atoms with Gasteiger partial charge < -0.3 is 34.3 Å². The summed E-state index contributed by atoms with van der Waals surface area (Å²) < 4.78 is 17.2. The number of nitrogens with zero attached hydrogens (tertiary/aromatic N) is 3. The number of hydrogen-bond acceptors (Lipinski definition) is 9. The molecular formula is C25H39N5O5. The van der Waals surface area contributed by atoms with Crippen molar-refractivity contribution in [2.75, 3.05) is 54.5 Å². The minimum atomic E-state index is -0.471. The molecule has 1 heterocycles. The molecule has 2 N–H and O–H groups in total. The van der Waals surface area contributed by atoms with E-state index in [4.69, 9.17) is 13.9 Å². The molecule has 194 valence electrons. The molecule has 1 aromatic carbocycles. The van der Waals surface area contributed by atoms with Crippen LogP contribution in [0.25, 0.3) is 0 Å². The summed E-state index contributed by atoms with van der Waals surface area (Å²) in [5, 5.41) is 17.1. The molecule has 0 aliphatic carbocycles. The lowest BCUT2D eigenvalue weighted by molar-refractivity contribution is -0.404. The number of nitrogens with one attached hydrogen (secondary N) is 2. The molecule has 0 bridgehead atoms. The molecule has 10 heteroatoms. The van der Waals surface area contributed by atoms with Gasteiger partial charge in [0.15, 0.2) is 5.82 Å². The smallest absolute Gasteiger partial charge is 0.274 e. The lowest BCUT2D eigenvalue weighted by Crippen LogP contribution is -2.30. The van der Waals surface area contributed by atoms with Gasteiger partial charge in [0, 0.05) is 26.2 Å². The molecule has 0 spiro atoms. The Bertz CT molecular complexity index is 913. The SMILES string of the molecule is CN(C)Cc1cccc(OCCCNC(=C[N+](=O)[O-])NCCCOCc2ccc(CN(C)C)o2)c1. The molecule has 35 heavy (non-hydrogen) atoms. The lowest BCUT2D eigenvalue weighted by Gasteiger charge is -2.13. The van der Waals surface area contributed by atoms with Crippen molar-refractivity contribution in [3.8, 4) is 5.75 Å². The molecule has 0 radical (unpaired) electrons. The largest absolute Gasteiger partial charge is 0.494 e.